The molecule has 3 aromatic rings. The lowest BCUT2D eigenvalue weighted by atomic mass is 9.95. The number of rotatable bonds is 9. The number of ether oxygens (including phenoxy) is 1. The van der Waals surface area contributed by atoms with Crippen LogP contribution in [0.5, 0.6) is 0 Å². The summed E-state index contributed by atoms with van der Waals surface area (Å²) in [7, 11) is 0. The van der Waals surface area contributed by atoms with Crippen LogP contribution in [0.2, 0.25) is 0 Å². The van der Waals surface area contributed by atoms with Gasteiger partial charge < -0.3 is 24.7 Å². The number of furan rings is 1. The number of piperidine rings is 1. The van der Waals surface area contributed by atoms with E-state index in [4.69, 9.17) is 9.15 Å². The third-order valence-corrected chi connectivity index (χ3v) is 6.28. The van der Waals surface area contributed by atoms with Gasteiger partial charge in [-0.2, -0.15) is 0 Å². The smallest absolute Gasteiger partial charge is 0.408 e. The largest absolute Gasteiger partial charge is 0.467 e. The van der Waals surface area contributed by atoms with Crippen LogP contribution in [0.1, 0.15) is 29.7 Å². The molecule has 2 heterocycles. The van der Waals surface area contributed by atoms with E-state index >= 15 is 0 Å². The maximum Gasteiger partial charge on any atom is 0.408 e. The first-order valence-corrected chi connectivity index (χ1v) is 12.2. The monoisotopic (exact) mass is 489 g/mol. The minimum atomic E-state index is -0.764. The van der Waals surface area contributed by atoms with E-state index in [-0.39, 0.29) is 24.3 Å². The molecule has 0 saturated carbocycles. The molecule has 2 N–H and O–H groups in total. The molecule has 1 aromatic heterocycles. The first-order valence-electron chi connectivity index (χ1n) is 12.2. The molecular weight excluding hydrogens is 458 g/mol. The fourth-order valence-corrected chi connectivity index (χ4v) is 4.27. The Balaban J connectivity index is 1.32. The quantitative estimate of drug-likeness (QED) is 0.478. The maximum absolute atomic E-state index is 13.4. The molecule has 0 aliphatic carbocycles. The van der Waals surface area contributed by atoms with Crippen LogP contribution in [0, 0.1) is 5.92 Å². The molecule has 36 heavy (non-hydrogen) atoms. The van der Waals surface area contributed by atoms with Gasteiger partial charge in [-0.05, 0) is 36.1 Å². The van der Waals surface area contributed by atoms with Crippen LogP contribution in [0.3, 0.4) is 0 Å². The summed E-state index contributed by atoms with van der Waals surface area (Å²) in [6.07, 6.45) is 2.41. The van der Waals surface area contributed by atoms with Crippen LogP contribution in [0.15, 0.2) is 83.5 Å². The molecule has 3 amide bonds. The summed E-state index contributed by atoms with van der Waals surface area (Å²) in [6, 6.07) is 21.8. The van der Waals surface area contributed by atoms with Gasteiger partial charge in [-0.25, -0.2) is 4.79 Å². The predicted molar refractivity (Wildman–Crippen MR) is 134 cm³/mol. The SMILES string of the molecule is O=C(N[C@H](Cc1ccccc1)C(=O)N1CCC(C(=O)NCc2ccco2)CC1)OCc1ccccc1. The van der Waals surface area contributed by atoms with Crippen LogP contribution in [-0.2, 0) is 33.9 Å². The number of nitrogens with one attached hydrogen (secondary N) is 2. The summed E-state index contributed by atoms with van der Waals surface area (Å²) >= 11 is 0. The van der Waals surface area contributed by atoms with E-state index in [9.17, 15) is 14.4 Å². The number of hydrogen-bond donors (Lipinski definition) is 2. The van der Waals surface area contributed by atoms with Crippen molar-refractivity contribution in [1.29, 1.82) is 0 Å². The van der Waals surface area contributed by atoms with Crippen LogP contribution in [0.4, 0.5) is 4.79 Å². The lowest BCUT2D eigenvalue weighted by molar-refractivity contribution is -0.137. The maximum atomic E-state index is 13.4. The Morgan fingerprint density at radius 2 is 1.58 bits per heavy atom. The summed E-state index contributed by atoms with van der Waals surface area (Å²) in [5, 5.41) is 5.66. The van der Waals surface area contributed by atoms with Gasteiger partial charge in [0.2, 0.25) is 11.8 Å². The molecule has 1 atom stereocenters. The lowest BCUT2D eigenvalue weighted by Gasteiger charge is -2.34. The van der Waals surface area contributed by atoms with Crippen molar-refractivity contribution >= 4 is 17.9 Å². The van der Waals surface area contributed by atoms with Crippen LogP contribution >= 0.6 is 0 Å². The van der Waals surface area contributed by atoms with E-state index < -0.39 is 12.1 Å². The van der Waals surface area contributed by atoms with Gasteiger partial charge in [0.25, 0.3) is 0 Å². The molecule has 0 unspecified atom stereocenters. The average Bonchev–Trinajstić information content (AvgIpc) is 3.45. The van der Waals surface area contributed by atoms with Crippen molar-refractivity contribution in [3.05, 3.63) is 95.9 Å². The first kappa shape index (κ1) is 25.0. The molecule has 0 bridgehead atoms. The molecule has 0 spiro atoms. The van der Waals surface area contributed by atoms with Gasteiger partial charge in [0.1, 0.15) is 18.4 Å². The zero-order valence-electron chi connectivity index (χ0n) is 20.1. The van der Waals surface area contributed by atoms with Crippen LogP contribution in [-0.4, -0.2) is 41.9 Å². The molecule has 1 aliphatic heterocycles. The van der Waals surface area contributed by atoms with Gasteiger partial charge in [-0.15, -0.1) is 0 Å². The molecule has 188 valence electrons. The second-order valence-electron chi connectivity index (χ2n) is 8.85. The normalized spacial score (nSPS) is 14.6. The van der Waals surface area contributed by atoms with Crippen molar-refractivity contribution < 1.29 is 23.5 Å². The molecule has 0 radical (unpaired) electrons. The van der Waals surface area contributed by atoms with Gasteiger partial charge in [-0.3, -0.25) is 9.59 Å². The van der Waals surface area contributed by atoms with Gasteiger partial charge in [0, 0.05) is 25.4 Å². The lowest BCUT2D eigenvalue weighted by Crippen LogP contribution is -2.52. The summed E-state index contributed by atoms with van der Waals surface area (Å²) in [5.41, 5.74) is 1.80. The molecule has 8 nitrogen and oxygen atoms in total. The second-order valence-corrected chi connectivity index (χ2v) is 8.85. The summed E-state index contributed by atoms with van der Waals surface area (Å²) in [5.74, 6) is 0.317. The van der Waals surface area contributed by atoms with Crippen molar-refractivity contribution in [2.45, 2.75) is 38.5 Å². The van der Waals surface area contributed by atoms with Crippen molar-refractivity contribution in [3.63, 3.8) is 0 Å². The Morgan fingerprint density at radius 1 is 0.917 bits per heavy atom. The fraction of sp³-hybridized carbons (Fsp3) is 0.321. The molecule has 1 saturated heterocycles. The minimum absolute atomic E-state index is 0.0399. The third kappa shape index (κ3) is 7.21. The third-order valence-electron chi connectivity index (χ3n) is 6.28. The number of benzene rings is 2. The van der Waals surface area contributed by atoms with E-state index in [0.29, 0.717) is 44.7 Å². The van der Waals surface area contributed by atoms with Crippen molar-refractivity contribution in [2.24, 2.45) is 5.92 Å². The molecular formula is C28H31N3O5. The van der Waals surface area contributed by atoms with Crippen molar-refractivity contribution in [1.82, 2.24) is 15.5 Å². The average molecular weight is 490 g/mol. The Hall–Kier alpha value is -4.07. The number of alkyl carbamates (subject to hydrolysis) is 1. The Morgan fingerprint density at radius 3 is 2.22 bits per heavy atom. The molecule has 8 heteroatoms. The number of carbonyl (C=O) groups excluding carboxylic acids is 3. The van der Waals surface area contributed by atoms with E-state index in [1.165, 1.54) is 0 Å². The fourth-order valence-electron chi connectivity index (χ4n) is 4.27. The molecule has 2 aromatic carbocycles. The summed E-state index contributed by atoms with van der Waals surface area (Å²) in [6.45, 7) is 1.37. The highest BCUT2D eigenvalue weighted by Gasteiger charge is 2.32. The van der Waals surface area contributed by atoms with Crippen LogP contribution in [0.25, 0.3) is 0 Å². The zero-order valence-corrected chi connectivity index (χ0v) is 20.1. The minimum Gasteiger partial charge on any atom is -0.467 e. The number of carbonyl (C=O) groups is 3. The van der Waals surface area contributed by atoms with Gasteiger partial charge >= 0.3 is 6.09 Å². The molecule has 1 fully saturated rings. The van der Waals surface area contributed by atoms with Crippen LogP contribution < -0.4 is 10.6 Å². The highest BCUT2D eigenvalue weighted by molar-refractivity contribution is 5.86. The van der Waals surface area contributed by atoms with Gasteiger partial charge in [0.05, 0.1) is 12.8 Å². The summed E-state index contributed by atoms with van der Waals surface area (Å²) < 4.78 is 10.6. The standard InChI is InChI=1S/C28H31N3O5/c32-26(29-19-24-12-7-17-35-24)23-13-15-31(16-14-23)27(33)25(18-21-8-3-1-4-9-21)30-28(34)36-20-22-10-5-2-6-11-22/h1-12,17,23,25H,13-16,18-20H2,(H,29,32)(H,30,34)/t25-/m1/s1. The van der Waals surface area contributed by atoms with Gasteiger partial charge in [0.15, 0.2) is 0 Å². The Labute approximate surface area is 210 Å². The van der Waals surface area contributed by atoms with Crippen molar-refractivity contribution in [3.8, 4) is 0 Å². The van der Waals surface area contributed by atoms with E-state index in [1.807, 2.05) is 66.7 Å². The second kappa shape index (κ2) is 12.6. The Bertz CT molecular complexity index is 1110. The zero-order chi connectivity index (χ0) is 25.2. The highest BCUT2D eigenvalue weighted by Crippen LogP contribution is 2.19. The number of nitrogens with zero attached hydrogens (tertiary/aromatic N) is 1. The molecule has 1 aliphatic rings. The van der Waals surface area contributed by atoms with Gasteiger partial charge in [-0.1, -0.05) is 60.7 Å². The summed E-state index contributed by atoms with van der Waals surface area (Å²) in [4.78, 5) is 40.2. The van der Waals surface area contributed by atoms with E-state index in [0.717, 1.165) is 11.1 Å². The number of likely N-dealkylation sites (tertiary alicyclic amines) is 1. The van der Waals surface area contributed by atoms with Crippen molar-refractivity contribution in [2.75, 3.05) is 13.1 Å². The highest BCUT2D eigenvalue weighted by atomic mass is 16.5. The molecule has 4 rings (SSSR count). The Kier molecular flexibility index (Phi) is 8.75. The number of hydrogen-bond acceptors (Lipinski definition) is 5. The predicted octanol–water partition coefficient (Wildman–Crippen LogP) is 3.67. The van der Waals surface area contributed by atoms with E-state index in [1.54, 1.807) is 17.2 Å². The van der Waals surface area contributed by atoms with E-state index in [2.05, 4.69) is 10.6 Å². The topological polar surface area (TPSA) is 101 Å². The number of amides is 3. The first-order chi connectivity index (χ1) is 17.6.